The molecule has 0 spiro atoms. The molecule has 0 saturated heterocycles. The molecule has 0 aliphatic heterocycles. The van der Waals surface area contributed by atoms with Crippen molar-refractivity contribution in [1.29, 1.82) is 0 Å². The van der Waals surface area contributed by atoms with Crippen LogP contribution in [0.1, 0.15) is 17.5 Å². The van der Waals surface area contributed by atoms with Crippen molar-refractivity contribution >= 4 is 23.2 Å². The minimum absolute atomic E-state index is 0.167. The molecule has 4 nitrogen and oxygen atoms in total. The Hall–Kier alpha value is -1.46. The van der Waals surface area contributed by atoms with E-state index in [9.17, 15) is 0 Å². The number of hydrogen-bond acceptors (Lipinski definition) is 4. The summed E-state index contributed by atoms with van der Waals surface area (Å²) >= 11 is 12.3. The summed E-state index contributed by atoms with van der Waals surface area (Å²) < 4.78 is 11.2. The van der Waals surface area contributed by atoms with Gasteiger partial charge in [-0.15, -0.1) is 0 Å². The Bertz CT molecular complexity index is 665. The molecular formula is C18H21Cl2NO3. The topological polar surface area (TPSA) is 50.7 Å². The number of aliphatic hydroxyl groups is 1. The zero-order valence-corrected chi connectivity index (χ0v) is 15.0. The summed E-state index contributed by atoms with van der Waals surface area (Å²) in [6.45, 7) is 1.87. The number of benzene rings is 2. The third kappa shape index (κ3) is 5.56. The van der Waals surface area contributed by atoms with Crippen molar-refractivity contribution in [3.63, 3.8) is 0 Å². The van der Waals surface area contributed by atoms with E-state index in [-0.39, 0.29) is 6.61 Å². The van der Waals surface area contributed by atoms with E-state index in [0.717, 1.165) is 17.7 Å². The molecule has 2 aromatic rings. The predicted octanol–water partition coefficient (Wildman–Crippen LogP) is 4.05. The molecule has 0 aliphatic carbocycles. The molecule has 0 aromatic heterocycles. The van der Waals surface area contributed by atoms with Gasteiger partial charge < -0.3 is 19.9 Å². The molecular weight excluding hydrogens is 349 g/mol. The van der Waals surface area contributed by atoms with Crippen LogP contribution < -0.4 is 14.8 Å². The normalized spacial score (nSPS) is 10.7. The number of halogens is 2. The maximum atomic E-state index is 8.80. The first-order chi connectivity index (χ1) is 11.6. The first-order valence-corrected chi connectivity index (χ1v) is 8.45. The van der Waals surface area contributed by atoms with E-state index in [0.29, 0.717) is 41.1 Å². The van der Waals surface area contributed by atoms with Crippen molar-refractivity contribution in [2.45, 2.75) is 19.6 Å². The zero-order valence-electron chi connectivity index (χ0n) is 13.5. The van der Waals surface area contributed by atoms with E-state index in [1.165, 1.54) is 0 Å². The van der Waals surface area contributed by atoms with Crippen molar-refractivity contribution in [1.82, 2.24) is 5.32 Å². The van der Waals surface area contributed by atoms with Gasteiger partial charge in [0.05, 0.1) is 7.11 Å². The molecule has 0 aliphatic rings. The van der Waals surface area contributed by atoms with Crippen LogP contribution in [-0.2, 0) is 13.2 Å². The summed E-state index contributed by atoms with van der Waals surface area (Å²) in [6, 6.07) is 11.1. The molecule has 24 heavy (non-hydrogen) atoms. The lowest BCUT2D eigenvalue weighted by atomic mass is 10.2. The molecule has 130 valence electrons. The molecule has 0 unspecified atom stereocenters. The molecule has 0 amide bonds. The van der Waals surface area contributed by atoms with Crippen LogP contribution in [0.15, 0.2) is 36.4 Å². The van der Waals surface area contributed by atoms with Crippen LogP contribution >= 0.6 is 23.2 Å². The van der Waals surface area contributed by atoms with Gasteiger partial charge in [-0.2, -0.15) is 0 Å². The van der Waals surface area contributed by atoms with Crippen molar-refractivity contribution < 1.29 is 14.6 Å². The highest BCUT2D eigenvalue weighted by Crippen LogP contribution is 2.34. The Balaban J connectivity index is 2.05. The predicted molar refractivity (Wildman–Crippen MR) is 97.2 cm³/mol. The number of aliphatic hydroxyl groups excluding tert-OH is 1. The van der Waals surface area contributed by atoms with Gasteiger partial charge in [0.25, 0.3) is 0 Å². The molecule has 0 saturated carbocycles. The number of nitrogens with one attached hydrogen (secondary N) is 1. The molecule has 2 N–H and O–H groups in total. The Morgan fingerprint density at radius 2 is 1.96 bits per heavy atom. The highest BCUT2D eigenvalue weighted by Gasteiger charge is 2.11. The minimum atomic E-state index is 0.167. The first-order valence-electron chi connectivity index (χ1n) is 7.69. The quantitative estimate of drug-likeness (QED) is 0.654. The number of rotatable bonds is 9. The summed E-state index contributed by atoms with van der Waals surface area (Å²) in [7, 11) is 1.60. The van der Waals surface area contributed by atoms with Gasteiger partial charge in [-0.3, -0.25) is 0 Å². The van der Waals surface area contributed by atoms with E-state index < -0.39 is 0 Å². The van der Waals surface area contributed by atoms with Gasteiger partial charge in [0.2, 0.25) is 0 Å². The number of ether oxygens (including phenoxy) is 2. The summed E-state index contributed by atoms with van der Waals surface area (Å²) in [5.41, 5.74) is 1.89. The van der Waals surface area contributed by atoms with Crippen LogP contribution in [0.5, 0.6) is 11.5 Å². The van der Waals surface area contributed by atoms with E-state index >= 15 is 0 Å². The fourth-order valence-electron chi connectivity index (χ4n) is 2.20. The Labute approximate surface area is 152 Å². The number of methoxy groups -OCH3 is 1. The molecule has 0 radical (unpaired) electrons. The lowest BCUT2D eigenvalue weighted by Crippen LogP contribution is -2.16. The minimum Gasteiger partial charge on any atom is -0.493 e. The fourth-order valence-corrected chi connectivity index (χ4v) is 2.63. The highest BCUT2D eigenvalue weighted by atomic mass is 35.5. The summed E-state index contributed by atoms with van der Waals surface area (Å²) in [6.07, 6.45) is 0.704. The lowest BCUT2D eigenvalue weighted by molar-refractivity contribution is 0.284. The smallest absolute Gasteiger partial charge is 0.163 e. The Morgan fingerprint density at radius 1 is 1.12 bits per heavy atom. The molecule has 6 heteroatoms. The van der Waals surface area contributed by atoms with Gasteiger partial charge >= 0.3 is 0 Å². The molecule has 2 rings (SSSR count). The number of hydrogen-bond donors (Lipinski definition) is 2. The van der Waals surface area contributed by atoms with E-state index in [4.69, 9.17) is 37.8 Å². The Morgan fingerprint density at radius 3 is 2.67 bits per heavy atom. The molecule has 0 bridgehead atoms. The van der Waals surface area contributed by atoms with Gasteiger partial charge in [-0.25, -0.2) is 0 Å². The second kappa shape index (κ2) is 9.74. The van der Waals surface area contributed by atoms with Crippen molar-refractivity contribution in [2.75, 3.05) is 20.3 Å². The van der Waals surface area contributed by atoms with E-state index in [1.54, 1.807) is 13.2 Å². The van der Waals surface area contributed by atoms with Crippen LogP contribution in [0.25, 0.3) is 0 Å². The van der Waals surface area contributed by atoms with Crippen LogP contribution in [0.2, 0.25) is 10.0 Å². The van der Waals surface area contributed by atoms with Gasteiger partial charge in [-0.05, 0) is 42.3 Å². The summed E-state index contributed by atoms with van der Waals surface area (Å²) in [5.74, 6) is 1.21. The lowest BCUT2D eigenvalue weighted by Gasteiger charge is -2.14. The largest absolute Gasteiger partial charge is 0.493 e. The van der Waals surface area contributed by atoms with E-state index in [1.807, 2.05) is 30.3 Å². The Kier molecular flexibility index (Phi) is 7.66. The molecule has 0 atom stereocenters. The molecule has 0 fully saturated rings. The average molecular weight is 370 g/mol. The molecule has 0 heterocycles. The fraction of sp³-hybridized carbons (Fsp3) is 0.333. The standard InChI is InChI=1S/C18H21Cl2NO3/c1-23-17-9-14(11-21-6-3-7-22)16(20)10-18(17)24-12-13-4-2-5-15(19)8-13/h2,4-5,8-10,21-22H,3,6-7,11-12H2,1H3. The highest BCUT2D eigenvalue weighted by molar-refractivity contribution is 6.31. The van der Waals surface area contributed by atoms with Crippen molar-refractivity contribution in [3.05, 3.63) is 57.6 Å². The van der Waals surface area contributed by atoms with Crippen molar-refractivity contribution in [2.24, 2.45) is 0 Å². The second-order valence-corrected chi connectivity index (χ2v) is 6.11. The van der Waals surface area contributed by atoms with Crippen LogP contribution in [0.4, 0.5) is 0 Å². The monoisotopic (exact) mass is 369 g/mol. The van der Waals surface area contributed by atoms with E-state index in [2.05, 4.69) is 5.32 Å². The maximum Gasteiger partial charge on any atom is 0.163 e. The molecule has 2 aromatic carbocycles. The van der Waals surface area contributed by atoms with Crippen molar-refractivity contribution in [3.8, 4) is 11.5 Å². The zero-order chi connectivity index (χ0) is 17.4. The summed E-state index contributed by atoms with van der Waals surface area (Å²) in [4.78, 5) is 0. The van der Waals surface area contributed by atoms with Gasteiger partial charge in [0.1, 0.15) is 6.61 Å². The van der Waals surface area contributed by atoms with Crippen LogP contribution in [0, 0.1) is 0 Å². The average Bonchev–Trinajstić information content (AvgIpc) is 2.58. The van der Waals surface area contributed by atoms with Gasteiger partial charge in [0, 0.05) is 29.3 Å². The maximum absolute atomic E-state index is 8.80. The third-order valence-corrected chi connectivity index (χ3v) is 4.03. The first kappa shape index (κ1) is 18.9. The van der Waals surface area contributed by atoms with Crippen LogP contribution in [-0.4, -0.2) is 25.4 Å². The van der Waals surface area contributed by atoms with Gasteiger partial charge in [0.15, 0.2) is 11.5 Å². The van der Waals surface area contributed by atoms with Gasteiger partial charge in [-0.1, -0.05) is 35.3 Å². The summed E-state index contributed by atoms with van der Waals surface area (Å²) in [5, 5.41) is 13.3. The third-order valence-electron chi connectivity index (χ3n) is 3.44. The second-order valence-electron chi connectivity index (χ2n) is 5.27. The van der Waals surface area contributed by atoms with Crippen LogP contribution in [0.3, 0.4) is 0 Å². The SMILES string of the molecule is COc1cc(CNCCCO)c(Cl)cc1OCc1cccc(Cl)c1.